The molecule has 2 heterocycles. The minimum absolute atomic E-state index is 0. The molecule has 2 N–H and O–H groups in total. The lowest BCUT2D eigenvalue weighted by molar-refractivity contribution is 0.0822. The molecule has 126 valence electrons. The minimum Gasteiger partial charge on any atom is -0.408 e. The van der Waals surface area contributed by atoms with Gasteiger partial charge in [0.05, 0.1) is 18.7 Å². The van der Waals surface area contributed by atoms with Gasteiger partial charge in [-0.05, 0) is 18.2 Å². The summed E-state index contributed by atoms with van der Waals surface area (Å²) in [5.41, 5.74) is 1.55. The number of rotatable bonds is 5. The maximum absolute atomic E-state index is 12.3. The Hall–Kier alpha value is -1.67. The first-order chi connectivity index (χ1) is 10.7. The fourth-order valence-electron chi connectivity index (χ4n) is 2.73. The molecule has 0 atom stereocenters. The zero-order valence-corrected chi connectivity index (χ0v) is 13.5. The van der Waals surface area contributed by atoms with E-state index in [4.69, 9.17) is 9.52 Å². The molecule has 1 aromatic heterocycles. The molecule has 0 bridgehead atoms. The molecule has 0 spiro atoms. The number of aromatic nitrogens is 1. The fraction of sp³-hybridized carbons (Fsp3) is 0.467. The first-order valence-electron chi connectivity index (χ1n) is 7.37. The molecular formula is C15H20ClN3O4. The Morgan fingerprint density at radius 2 is 1.91 bits per heavy atom. The van der Waals surface area contributed by atoms with Crippen molar-refractivity contribution in [3.63, 3.8) is 0 Å². The zero-order chi connectivity index (χ0) is 15.5. The molecule has 3 rings (SSSR count). The SMILES string of the molecule is Cl.O=C(CN1CCN(CCO)CC1)c1ccc2[nH]c(=O)oc2c1. The van der Waals surface area contributed by atoms with Crippen molar-refractivity contribution in [3.8, 4) is 0 Å². The van der Waals surface area contributed by atoms with Crippen LogP contribution in [-0.2, 0) is 0 Å². The van der Waals surface area contributed by atoms with E-state index in [2.05, 4.69) is 14.8 Å². The third kappa shape index (κ3) is 4.20. The molecule has 0 aliphatic carbocycles. The Bertz CT molecular complexity index is 719. The van der Waals surface area contributed by atoms with E-state index in [1.807, 2.05) is 0 Å². The third-order valence-corrected chi connectivity index (χ3v) is 3.99. The molecule has 0 unspecified atom stereocenters. The predicted octanol–water partition coefficient (Wildman–Crippen LogP) is 0.335. The highest BCUT2D eigenvalue weighted by Crippen LogP contribution is 2.13. The van der Waals surface area contributed by atoms with Crippen molar-refractivity contribution in [2.45, 2.75) is 0 Å². The van der Waals surface area contributed by atoms with Crippen molar-refractivity contribution in [2.24, 2.45) is 0 Å². The Kier molecular flexibility index (Phi) is 5.95. The predicted molar refractivity (Wildman–Crippen MR) is 88.4 cm³/mol. The third-order valence-electron chi connectivity index (χ3n) is 3.99. The van der Waals surface area contributed by atoms with Crippen LogP contribution < -0.4 is 5.76 Å². The standard InChI is InChI=1S/C15H19N3O4.ClH/c19-8-7-17-3-5-18(6-4-17)10-13(20)11-1-2-12-14(9-11)22-15(21)16-12;/h1-2,9,19H,3-8,10H2,(H,16,21);1H. The van der Waals surface area contributed by atoms with Crippen LogP contribution in [0.2, 0.25) is 0 Å². The monoisotopic (exact) mass is 341 g/mol. The van der Waals surface area contributed by atoms with E-state index in [9.17, 15) is 9.59 Å². The van der Waals surface area contributed by atoms with Gasteiger partial charge in [-0.1, -0.05) is 0 Å². The number of fused-ring (bicyclic) bond motifs is 1. The van der Waals surface area contributed by atoms with Crippen molar-refractivity contribution in [3.05, 3.63) is 34.3 Å². The van der Waals surface area contributed by atoms with Crippen LogP contribution in [0.3, 0.4) is 0 Å². The van der Waals surface area contributed by atoms with E-state index in [0.717, 1.165) is 26.2 Å². The van der Waals surface area contributed by atoms with Gasteiger partial charge in [0.2, 0.25) is 0 Å². The number of Topliss-reactive ketones (excluding diaryl/α,β-unsaturated/α-hetero) is 1. The van der Waals surface area contributed by atoms with Gasteiger partial charge < -0.3 is 9.52 Å². The summed E-state index contributed by atoms with van der Waals surface area (Å²) in [5.74, 6) is -0.499. The molecule has 1 fully saturated rings. The summed E-state index contributed by atoms with van der Waals surface area (Å²) >= 11 is 0. The highest BCUT2D eigenvalue weighted by Gasteiger charge is 2.19. The van der Waals surface area contributed by atoms with Gasteiger partial charge in [0.1, 0.15) is 0 Å². The lowest BCUT2D eigenvalue weighted by Crippen LogP contribution is -2.48. The lowest BCUT2D eigenvalue weighted by Gasteiger charge is -2.33. The van der Waals surface area contributed by atoms with E-state index < -0.39 is 5.76 Å². The highest BCUT2D eigenvalue weighted by molar-refractivity contribution is 5.99. The zero-order valence-electron chi connectivity index (χ0n) is 12.7. The second-order valence-electron chi connectivity index (χ2n) is 5.49. The van der Waals surface area contributed by atoms with Crippen molar-refractivity contribution < 1.29 is 14.3 Å². The van der Waals surface area contributed by atoms with E-state index in [-0.39, 0.29) is 24.8 Å². The number of oxazole rings is 1. The molecule has 1 aliphatic rings. The van der Waals surface area contributed by atoms with E-state index >= 15 is 0 Å². The number of aliphatic hydroxyl groups is 1. The Balaban J connectivity index is 0.00000192. The number of hydrogen-bond donors (Lipinski definition) is 2. The van der Waals surface area contributed by atoms with E-state index in [0.29, 0.717) is 29.8 Å². The number of aromatic amines is 1. The van der Waals surface area contributed by atoms with Gasteiger partial charge in [0.15, 0.2) is 11.4 Å². The topological polar surface area (TPSA) is 89.8 Å². The highest BCUT2D eigenvalue weighted by atomic mass is 35.5. The van der Waals surface area contributed by atoms with E-state index in [1.165, 1.54) is 0 Å². The molecule has 1 saturated heterocycles. The van der Waals surface area contributed by atoms with Crippen LogP contribution in [0.5, 0.6) is 0 Å². The molecule has 0 saturated carbocycles. The molecular weight excluding hydrogens is 322 g/mol. The number of benzene rings is 1. The number of aliphatic hydroxyl groups excluding tert-OH is 1. The lowest BCUT2D eigenvalue weighted by atomic mass is 10.1. The van der Waals surface area contributed by atoms with Crippen molar-refractivity contribution in [1.29, 1.82) is 0 Å². The van der Waals surface area contributed by atoms with Crippen LogP contribution in [0.15, 0.2) is 27.4 Å². The molecule has 0 radical (unpaired) electrons. The van der Waals surface area contributed by atoms with Crippen molar-refractivity contribution >= 4 is 29.3 Å². The number of halogens is 1. The average Bonchev–Trinajstić information content (AvgIpc) is 2.88. The summed E-state index contributed by atoms with van der Waals surface area (Å²) in [4.78, 5) is 30.3. The average molecular weight is 342 g/mol. The van der Waals surface area contributed by atoms with Gasteiger partial charge in [-0.3, -0.25) is 19.6 Å². The van der Waals surface area contributed by atoms with Gasteiger partial charge in [-0.15, -0.1) is 12.4 Å². The minimum atomic E-state index is -0.514. The number of ketones is 1. The molecule has 8 heteroatoms. The van der Waals surface area contributed by atoms with Crippen LogP contribution >= 0.6 is 12.4 Å². The summed E-state index contributed by atoms with van der Waals surface area (Å²) in [6, 6.07) is 5.00. The number of nitrogens with one attached hydrogen (secondary N) is 1. The first kappa shape index (κ1) is 17.7. The molecule has 2 aromatic rings. The second-order valence-corrected chi connectivity index (χ2v) is 5.49. The first-order valence-corrected chi connectivity index (χ1v) is 7.37. The van der Waals surface area contributed by atoms with Gasteiger partial charge in [0, 0.05) is 38.3 Å². The molecule has 23 heavy (non-hydrogen) atoms. The van der Waals surface area contributed by atoms with Crippen molar-refractivity contribution in [2.75, 3.05) is 45.9 Å². The van der Waals surface area contributed by atoms with Crippen LogP contribution in [0, 0.1) is 0 Å². The summed E-state index contributed by atoms with van der Waals surface area (Å²) in [6.45, 7) is 4.55. The van der Waals surface area contributed by atoms with Gasteiger partial charge >= 0.3 is 5.76 Å². The summed E-state index contributed by atoms with van der Waals surface area (Å²) < 4.78 is 4.98. The maximum Gasteiger partial charge on any atom is 0.417 e. The molecule has 7 nitrogen and oxygen atoms in total. The number of piperazine rings is 1. The fourth-order valence-corrected chi connectivity index (χ4v) is 2.73. The van der Waals surface area contributed by atoms with Crippen LogP contribution in [0.25, 0.3) is 11.1 Å². The number of H-pyrrole nitrogens is 1. The quantitative estimate of drug-likeness (QED) is 0.762. The van der Waals surface area contributed by atoms with Gasteiger partial charge in [0.25, 0.3) is 0 Å². The largest absolute Gasteiger partial charge is 0.417 e. The summed E-state index contributed by atoms with van der Waals surface area (Å²) in [7, 11) is 0. The number of carbonyl (C=O) groups excluding carboxylic acids is 1. The summed E-state index contributed by atoms with van der Waals surface area (Å²) in [6.07, 6.45) is 0. The Morgan fingerprint density at radius 1 is 1.22 bits per heavy atom. The van der Waals surface area contributed by atoms with Crippen LogP contribution in [0.4, 0.5) is 0 Å². The van der Waals surface area contributed by atoms with E-state index in [1.54, 1.807) is 18.2 Å². The molecule has 1 aromatic carbocycles. The Labute approximate surface area is 139 Å². The second kappa shape index (κ2) is 7.74. The van der Waals surface area contributed by atoms with Gasteiger partial charge in [-0.2, -0.15) is 0 Å². The molecule has 0 amide bonds. The van der Waals surface area contributed by atoms with Crippen LogP contribution in [-0.4, -0.2) is 71.5 Å². The molecule has 1 aliphatic heterocycles. The van der Waals surface area contributed by atoms with Crippen molar-refractivity contribution in [1.82, 2.24) is 14.8 Å². The number of hydrogen-bond acceptors (Lipinski definition) is 6. The summed E-state index contributed by atoms with van der Waals surface area (Å²) in [5, 5.41) is 8.92. The normalized spacial score (nSPS) is 16.4. The Morgan fingerprint density at radius 3 is 2.61 bits per heavy atom. The maximum atomic E-state index is 12.3. The smallest absolute Gasteiger partial charge is 0.408 e. The van der Waals surface area contributed by atoms with Crippen LogP contribution in [0.1, 0.15) is 10.4 Å². The van der Waals surface area contributed by atoms with Gasteiger partial charge in [-0.25, -0.2) is 4.79 Å². The number of nitrogens with zero attached hydrogens (tertiary/aromatic N) is 2. The number of β-amino-alcohol motifs (C(OH)–C–C–N with tert-alkyl or cyclic N) is 1. The number of carbonyl (C=O) groups is 1.